The maximum Gasteiger partial charge on any atom is 0.193 e. The summed E-state index contributed by atoms with van der Waals surface area (Å²) in [5.74, 6) is -0.312. The van der Waals surface area contributed by atoms with Crippen molar-refractivity contribution in [3.63, 3.8) is 0 Å². The normalized spacial score (nSPS) is 11.9. The first-order valence-corrected chi connectivity index (χ1v) is 7.18. The van der Waals surface area contributed by atoms with Crippen molar-refractivity contribution in [2.45, 2.75) is 32.4 Å². The fraction of sp³-hybridized carbons (Fsp3) is 0.562. The third kappa shape index (κ3) is 5.93. The number of Topliss-reactive ketones (excluding diaryl/α,β-unsaturated/α-hetero) is 1. The van der Waals surface area contributed by atoms with Gasteiger partial charge >= 0.3 is 0 Å². The van der Waals surface area contributed by atoms with E-state index in [0.717, 1.165) is 5.56 Å². The van der Waals surface area contributed by atoms with Crippen molar-refractivity contribution in [3.05, 3.63) is 35.4 Å². The molecule has 1 aromatic rings. The molecule has 5 nitrogen and oxygen atoms in total. The van der Waals surface area contributed by atoms with Gasteiger partial charge in [0, 0.05) is 31.8 Å². The van der Waals surface area contributed by atoms with E-state index < -0.39 is 5.60 Å². The van der Waals surface area contributed by atoms with Crippen molar-refractivity contribution >= 4 is 5.78 Å². The van der Waals surface area contributed by atoms with Crippen LogP contribution in [0.25, 0.3) is 0 Å². The molecule has 0 aromatic heterocycles. The third-order valence-corrected chi connectivity index (χ3v) is 3.20. The summed E-state index contributed by atoms with van der Waals surface area (Å²) in [5.41, 5.74) is 0.0305. The molecule has 0 aliphatic rings. The third-order valence-electron chi connectivity index (χ3n) is 3.20. The smallest absolute Gasteiger partial charge is 0.193 e. The van der Waals surface area contributed by atoms with Crippen LogP contribution in [0.3, 0.4) is 0 Å². The van der Waals surface area contributed by atoms with Gasteiger partial charge in [0.15, 0.2) is 5.78 Å². The molecule has 118 valence electrons. The molecule has 0 unspecified atom stereocenters. The summed E-state index contributed by atoms with van der Waals surface area (Å²) in [7, 11) is 0. The zero-order valence-corrected chi connectivity index (χ0v) is 12.7. The minimum absolute atomic E-state index is 0.0493. The molecule has 3 N–H and O–H groups in total. The topological polar surface area (TPSA) is 81.0 Å². The molecule has 0 spiro atoms. The van der Waals surface area contributed by atoms with Gasteiger partial charge in [-0.2, -0.15) is 0 Å². The maximum atomic E-state index is 12.1. The van der Waals surface area contributed by atoms with Crippen LogP contribution in [-0.2, 0) is 6.54 Å². The van der Waals surface area contributed by atoms with E-state index >= 15 is 0 Å². The summed E-state index contributed by atoms with van der Waals surface area (Å²) in [5, 5.41) is 27.8. The van der Waals surface area contributed by atoms with Crippen LogP contribution in [0.4, 0.5) is 0 Å². The molecule has 0 aliphatic heterocycles. The molecular formula is C16H25NO4. The molecule has 0 atom stereocenters. The number of carbonyl (C=O) groups excluding carboxylic acids is 1. The molecule has 0 aliphatic carbocycles. The average molecular weight is 295 g/mol. The molecule has 0 fully saturated rings. The fourth-order valence-electron chi connectivity index (χ4n) is 2.13. The number of aliphatic hydroxyl groups is 3. The van der Waals surface area contributed by atoms with E-state index in [1.165, 1.54) is 13.8 Å². The number of aliphatic hydroxyl groups excluding tert-OH is 2. The number of hydrogen-bond acceptors (Lipinski definition) is 5. The Hall–Kier alpha value is -1.27. The molecular weight excluding hydrogens is 270 g/mol. The second kappa shape index (κ2) is 8.24. The summed E-state index contributed by atoms with van der Waals surface area (Å²) < 4.78 is 0. The zero-order valence-electron chi connectivity index (χ0n) is 12.7. The van der Waals surface area contributed by atoms with Gasteiger partial charge in [0.05, 0.1) is 6.61 Å². The van der Waals surface area contributed by atoms with E-state index in [4.69, 9.17) is 10.2 Å². The Bertz CT molecular complexity index is 454. The highest BCUT2D eigenvalue weighted by Gasteiger charge is 2.25. The molecule has 0 saturated carbocycles. The van der Waals surface area contributed by atoms with Gasteiger partial charge in [-0.25, -0.2) is 0 Å². The van der Waals surface area contributed by atoms with Crippen molar-refractivity contribution in [3.8, 4) is 0 Å². The Balaban J connectivity index is 2.81. The van der Waals surface area contributed by atoms with Crippen LogP contribution < -0.4 is 0 Å². The van der Waals surface area contributed by atoms with Crippen LogP contribution in [-0.4, -0.2) is 57.9 Å². The van der Waals surface area contributed by atoms with Crippen molar-refractivity contribution in [2.75, 3.05) is 26.3 Å². The van der Waals surface area contributed by atoms with Gasteiger partial charge in [-0.3, -0.25) is 9.69 Å². The highest BCUT2D eigenvalue weighted by atomic mass is 16.3. The van der Waals surface area contributed by atoms with Gasteiger partial charge in [0.2, 0.25) is 0 Å². The van der Waals surface area contributed by atoms with Crippen molar-refractivity contribution in [2.24, 2.45) is 0 Å². The van der Waals surface area contributed by atoms with Crippen molar-refractivity contribution in [1.82, 2.24) is 4.90 Å². The lowest BCUT2D eigenvalue weighted by atomic mass is 9.95. The SMILES string of the molecule is CC(C)(O)C(=O)c1cccc(CN(CCO)CCCO)c1. The number of hydrogen-bond donors (Lipinski definition) is 3. The van der Waals surface area contributed by atoms with Gasteiger partial charge in [0.25, 0.3) is 0 Å². The monoisotopic (exact) mass is 295 g/mol. The van der Waals surface area contributed by atoms with E-state index in [1.807, 2.05) is 11.0 Å². The van der Waals surface area contributed by atoms with Gasteiger partial charge < -0.3 is 15.3 Å². The van der Waals surface area contributed by atoms with Crippen LogP contribution in [0, 0.1) is 0 Å². The molecule has 5 heteroatoms. The Morgan fingerprint density at radius 3 is 2.48 bits per heavy atom. The van der Waals surface area contributed by atoms with E-state index in [9.17, 15) is 9.90 Å². The van der Waals surface area contributed by atoms with E-state index in [0.29, 0.717) is 31.6 Å². The Morgan fingerprint density at radius 1 is 1.19 bits per heavy atom. The van der Waals surface area contributed by atoms with E-state index in [2.05, 4.69) is 0 Å². The quantitative estimate of drug-likeness (QED) is 0.588. The van der Waals surface area contributed by atoms with Gasteiger partial charge in [-0.05, 0) is 31.9 Å². The molecule has 0 bridgehead atoms. The molecule has 1 rings (SSSR count). The molecule has 1 aromatic carbocycles. The van der Waals surface area contributed by atoms with Gasteiger partial charge in [-0.1, -0.05) is 18.2 Å². The molecule has 0 heterocycles. The predicted molar refractivity (Wildman–Crippen MR) is 81.1 cm³/mol. The molecule has 0 radical (unpaired) electrons. The molecule has 0 saturated heterocycles. The van der Waals surface area contributed by atoms with E-state index in [-0.39, 0.29) is 19.0 Å². The second-order valence-corrected chi connectivity index (χ2v) is 5.67. The van der Waals surface area contributed by atoms with Crippen LogP contribution >= 0.6 is 0 Å². The predicted octanol–water partition coefficient (Wildman–Crippen LogP) is 0.817. The van der Waals surface area contributed by atoms with Crippen LogP contribution in [0.5, 0.6) is 0 Å². The fourth-order valence-corrected chi connectivity index (χ4v) is 2.13. The lowest BCUT2D eigenvalue weighted by molar-refractivity contribution is 0.0488. The number of benzene rings is 1. The first kappa shape index (κ1) is 17.8. The molecule has 21 heavy (non-hydrogen) atoms. The molecule has 0 amide bonds. The first-order valence-electron chi connectivity index (χ1n) is 7.18. The lowest BCUT2D eigenvalue weighted by Gasteiger charge is -2.21. The summed E-state index contributed by atoms with van der Waals surface area (Å²) in [6.45, 7) is 4.90. The number of ketones is 1. The van der Waals surface area contributed by atoms with Crippen molar-refractivity contribution in [1.29, 1.82) is 0 Å². The van der Waals surface area contributed by atoms with E-state index in [1.54, 1.807) is 18.2 Å². The number of nitrogens with zero attached hydrogens (tertiary/aromatic N) is 1. The standard InChI is InChI=1S/C16H25NO4/c1-16(2,21)15(20)14-6-3-5-13(11-14)12-17(8-10-19)7-4-9-18/h3,5-6,11,18-19,21H,4,7-10,12H2,1-2H3. The number of carbonyl (C=O) groups is 1. The summed E-state index contributed by atoms with van der Waals surface area (Å²) in [6, 6.07) is 7.15. The Morgan fingerprint density at radius 2 is 1.90 bits per heavy atom. The summed E-state index contributed by atoms with van der Waals surface area (Å²) in [4.78, 5) is 14.1. The first-order chi connectivity index (χ1) is 9.88. The van der Waals surface area contributed by atoms with Crippen LogP contribution in [0.1, 0.15) is 36.2 Å². The van der Waals surface area contributed by atoms with Crippen LogP contribution in [0.2, 0.25) is 0 Å². The second-order valence-electron chi connectivity index (χ2n) is 5.67. The van der Waals surface area contributed by atoms with Crippen LogP contribution in [0.15, 0.2) is 24.3 Å². The number of rotatable bonds is 9. The van der Waals surface area contributed by atoms with Crippen molar-refractivity contribution < 1.29 is 20.1 Å². The van der Waals surface area contributed by atoms with Gasteiger partial charge in [0.1, 0.15) is 5.60 Å². The highest BCUT2D eigenvalue weighted by molar-refractivity contribution is 6.01. The maximum absolute atomic E-state index is 12.1. The summed E-state index contributed by atoms with van der Waals surface area (Å²) >= 11 is 0. The highest BCUT2D eigenvalue weighted by Crippen LogP contribution is 2.15. The zero-order chi connectivity index (χ0) is 15.9. The minimum atomic E-state index is -1.39. The summed E-state index contributed by atoms with van der Waals surface area (Å²) in [6.07, 6.45) is 0.641. The lowest BCUT2D eigenvalue weighted by Crippen LogP contribution is -2.31. The largest absolute Gasteiger partial charge is 0.396 e. The minimum Gasteiger partial charge on any atom is -0.396 e. The Labute approximate surface area is 125 Å². The van der Waals surface area contributed by atoms with Gasteiger partial charge in [-0.15, -0.1) is 0 Å². The average Bonchev–Trinajstić information content (AvgIpc) is 2.43. The Kier molecular flexibility index (Phi) is 6.98.